The molecule has 0 unspecified atom stereocenters. The standard InChI is InChI=1S/C16H21N5O2S2/c1-11(2)8-9-13(22)21(10-12-6-4-3-5-7-12)20-14(23)17-15-18-19-16(24)25-15/h3-7,11H,8-10H2,1-2H3,(H,19,24)(H2,17,18,20,23). The smallest absolute Gasteiger partial charge is 0.281 e. The summed E-state index contributed by atoms with van der Waals surface area (Å²) in [6.45, 7) is 4.40. The van der Waals surface area contributed by atoms with Crippen LogP contribution in [-0.4, -0.2) is 27.1 Å². The van der Waals surface area contributed by atoms with Gasteiger partial charge in [-0.25, -0.2) is 15.2 Å². The van der Waals surface area contributed by atoms with Crippen molar-refractivity contribution < 1.29 is 9.59 Å². The van der Waals surface area contributed by atoms with Crippen molar-refractivity contribution in [2.75, 3.05) is 5.32 Å². The lowest BCUT2D eigenvalue weighted by molar-refractivity contribution is -0.134. The number of aromatic nitrogens is 2. The minimum absolute atomic E-state index is 0.137. The first-order valence-electron chi connectivity index (χ1n) is 7.91. The minimum Gasteiger partial charge on any atom is -0.281 e. The zero-order valence-electron chi connectivity index (χ0n) is 14.1. The molecule has 3 N–H and O–H groups in total. The number of carbonyl (C=O) groups is 2. The summed E-state index contributed by atoms with van der Waals surface area (Å²) in [5, 5.41) is 10.7. The Balaban J connectivity index is 2.03. The highest BCUT2D eigenvalue weighted by Crippen LogP contribution is 2.12. The summed E-state index contributed by atoms with van der Waals surface area (Å²) in [7, 11) is 0. The molecule has 134 valence electrons. The second-order valence-corrected chi connectivity index (χ2v) is 7.55. The number of aromatic amines is 1. The zero-order chi connectivity index (χ0) is 18.2. The Morgan fingerprint density at radius 3 is 2.64 bits per heavy atom. The van der Waals surface area contributed by atoms with Crippen molar-refractivity contribution in [3.05, 3.63) is 39.8 Å². The Morgan fingerprint density at radius 2 is 2.04 bits per heavy atom. The Labute approximate surface area is 155 Å². The third-order valence-electron chi connectivity index (χ3n) is 3.32. The Kier molecular flexibility index (Phi) is 7.08. The van der Waals surface area contributed by atoms with E-state index in [-0.39, 0.29) is 5.91 Å². The topological polar surface area (TPSA) is 90.1 Å². The van der Waals surface area contributed by atoms with Crippen LogP contribution in [0.3, 0.4) is 0 Å². The molecular formula is C16H21N5O2S2. The molecule has 25 heavy (non-hydrogen) atoms. The summed E-state index contributed by atoms with van der Waals surface area (Å²) in [6, 6.07) is 8.96. The van der Waals surface area contributed by atoms with Crippen molar-refractivity contribution in [2.24, 2.45) is 5.92 Å². The number of hydrogen-bond donors (Lipinski definition) is 3. The van der Waals surface area contributed by atoms with Crippen LogP contribution >= 0.6 is 23.6 Å². The van der Waals surface area contributed by atoms with E-state index in [4.69, 9.17) is 12.2 Å². The lowest BCUT2D eigenvalue weighted by atomic mass is 10.1. The van der Waals surface area contributed by atoms with Crippen molar-refractivity contribution in [1.29, 1.82) is 0 Å². The molecule has 0 fully saturated rings. The van der Waals surface area contributed by atoms with Crippen molar-refractivity contribution in [1.82, 2.24) is 20.6 Å². The molecular weight excluding hydrogens is 358 g/mol. The van der Waals surface area contributed by atoms with Gasteiger partial charge in [0.05, 0.1) is 6.54 Å². The number of anilines is 1. The summed E-state index contributed by atoms with van der Waals surface area (Å²) in [4.78, 5) is 24.7. The van der Waals surface area contributed by atoms with Crippen molar-refractivity contribution in [2.45, 2.75) is 33.2 Å². The number of rotatable bonds is 6. The number of hydrazine groups is 1. The molecule has 1 aromatic carbocycles. The Morgan fingerprint density at radius 1 is 1.32 bits per heavy atom. The SMILES string of the molecule is CC(C)CCC(=O)N(Cc1ccccc1)NC(=O)Nc1n[nH]c(=S)s1. The quantitative estimate of drug-likeness (QED) is 0.527. The Hall–Kier alpha value is -2.26. The molecule has 0 bridgehead atoms. The highest BCUT2D eigenvalue weighted by molar-refractivity contribution is 7.73. The first kappa shape index (κ1) is 19.1. The summed E-state index contributed by atoms with van der Waals surface area (Å²) in [5.41, 5.74) is 3.53. The predicted molar refractivity (Wildman–Crippen MR) is 101 cm³/mol. The molecule has 0 aliphatic rings. The maximum absolute atomic E-state index is 12.5. The molecule has 0 radical (unpaired) electrons. The second kappa shape index (κ2) is 9.28. The van der Waals surface area contributed by atoms with Crippen LogP contribution in [0, 0.1) is 9.87 Å². The van der Waals surface area contributed by atoms with Gasteiger partial charge < -0.3 is 0 Å². The normalized spacial score (nSPS) is 10.5. The first-order valence-corrected chi connectivity index (χ1v) is 9.14. The summed E-state index contributed by atoms with van der Waals surface area (Å²) in [5.74, 6) is 0.273. The van der Waals surface area contributed by atoms with E-state index in [2.05, 4.69) is 34.8 Å². The summed E-state index contributed by atoms with van der Waals surface area (Å²) >= 11 is 6.07. The fraction of sp³-hybridized carbons (Fsp3) is 0.375. The van der Waals surface area contributed by atoms with Gasteiger partial charge in [0.1, 0.15) is 0 Å². The van der Waals surface area contributed by atoms with E-state index in [0.29, 0.717) is 28.0 Å². The molecule has 2 rings (SSSR count). The minimum atomic E-state index is -0.536. The third kappa shape index (κ3) is 6.63. The monoisotopic (exact) mass is 379 g/mol. The number of H-pyrrole nitrogens is 1. The predicted octanol–water partition coefficient (Wildman–Crippen LogP) is 3.70. The van der Waals surface area contributed by atoms with Gasteiger partial charge in [-0.1, -0.05) is 55.5 Å². The number of amides is 3. The van der Waals surface area contributed by atoms with Crippen LogP contribution in [0.4, 0.5) is 9.93 Å². The molecule has 0 aliphatic heterocycles. The maximum atomic E-state index is 12.5. The molecule has 7 nitrogen and oxygen atoms in total. The van der Waals surface area contributed by atoms with Gasteiger partial charge >= 0.3 is 6.03 Å². The molecule has 2 aromatic rings. The van der Waals surface area contributed by atoms with E-state index in [9.17, 15) is 9.59 Å². The van der Waals surface area contributed by atoms with E-state index >= 15 is 0 Å². The van der Waals surface area contributed by atoms with Crippen LogP contribution in [0.5, 0.6) is 0 Å². The van der Waals surface area contributed by atoms with Gasteiger partial charge in [-0.15, -0.1) is 5.10 Å². The molecule has 0 spiro atoms. The zero-order valence-corrected chi connectivity index (χ0v) is 15.7. The molecule has 0 saturated carbocycles. The van der Waals surface area contributed by atoms with Gasteiger partial charge in [0.15, 0.2) is 3.95 Å². The van der Waals surface area contributed by atoms with Gasteiger partial charge in [-0.2, -0.15) is 0 Å². The van der Waals surface area contributed by atoms with Crippen molar-refractivity contribution in [3.8, 4) is 0 Å². The largest absolute Gasteiger partial charge is 0.339 e. The van der Waals surface area contributed by atoms with Crippen LogP contribution in [0.1, 0.15) is 32.3 Å². The van der Waals surface area contributed by atoms with E-state index in [1.54, 1.807) is 0 Å². The van der Waals surface area contributed by atoms with Crippen molar-refractivity contribution in [3.63, 3.8) is 0 Å². The highest BCUT2D eigenvalue weighted by atomic mass is 32.1. The summed E-state index contributed by atoms with van der Waals surface area (Å²) in [6.07, 6.45) is 1.13. The van der Waals surface area contributed by atoms with Gasteiger partial charge in [0.2, 0.25) is 11.0 Å². The second-order valence-electron chi connectivity index (χ2n) is 5.88. The number of nitrogens with zero attached hydrogens (tertiary/aromatic N) is 2. The lowest BCUT2D eigenvalue weighted by Crippen LogP contribution is -2.47. The van der Waals surface area contributed by atoms with Crippen LogP contribution in [-0.2, 0) is 11.3 Å². The number of urea groups is 1. The summed E-state index contributed by atoms with van der Waals surface area (Å²) < 4.78 is 0.462. The highest BCUT2D eigenvalue weighted by Gasteiger charge is 2.17. The van der Waals surface area contributed by atoms with Crippen LogP contribution in [0.15, 0.2) is 30.3 Å². The van der Waals surface area contributed by atoms with E-state index in [1.807, 2.05) is 30.3 Å². The molecule has 1 heterocycles. The average Bonchev–Trinajstić information content (AvgIpc) is 2.97. The molecule has 9 heteroatoms. The molecule has 0 saturated heterocycles. The number of carbonyl (C=O) groups excluding carboxylic acids is 2. The number of hydrogen-bond acceptors (Lipinski definition) is 5. The van der Waals surface area contributed by atoms with Crippen molar-refractivity contribution >= 4 is 40.6 Å². The fourth-order valence-corrected chi connectivity index (χ4v) is 2.82. The average molecular weight is 380 g/mol. The molecule has 0 aliphatic carbocycles. The molecule has 3 amide bonds. The maximum Gasteiger partial charge on any atom is 0.339 e. The van der Waals surface area contributed by atoms with Gasteiger partial charge in [-0.3, -0.25) is 15.2 Å². The molecule has 1 aromatic heterocycles. The lowest BCUT2D eigenvalue weighted by Gasteiger charge is -2.23. The Bertz CT molecular complexity index is 757. The van der Waals surface area contributed by atoms with Crippen LogP contribution < -0.4 is 10.7 Å². The van der Waals surface area contributed by atoms with Gasteiger partial charge in [0.25, 0.3) is 0 Å². The number of benzene rings is 1. The fourth-order valence-electron chi connectivity index (χ4n) is 2.03. The van der Waals surface area contributed by atoms with Gasteiger partial charge in [0, 0.05) is 6.42 Å². The van der Waals surface area contributed by atoms with Gasteiger partial charge in [-0.05, 0) is 30.1 Å². The third-order valence-corrected chi connectivity index (χ3v) is 4.32. The van der Waals surface area contributed by atoms with Crippen LogP contribution in [0.2, 0.25) is 0 Å². The van der Waals surface area contributed by atoms with E-state index < -0.39 is 6.03 Å². The van der Waals surface area contributed by atoms with Crippen LogP contribution in [0.25, 0.3) is 0 Å². The van der Waals surface area contributed by atoms with E-state index in [1.165, 1.54) is 5.01 Å². The van der Waals surface area contributed by atoms with E-state index in [0.717, 1.165) is 23.3 Å². The first-order chi connectivity index (χ1) is 11.9. The number of nitrogens with one attached hydrogen (secondary N) is 3. The molecule has 0 atom stereocenters.